The standard InChI is InChI=1S/C11H15N3/c1-8-5-6-9(11(2,3)4)10-12-7-13-14(8)10/h5-7H,1-4H3. The maximum absolute atomic E-state index is 4.30. The molecule has 0 bridgehead atoms. The highest BCUT2D eigenvalue weighted by Gasteiger charge is 2.18. The smallest absolute Gasteiger partial charge is 0.159 e. The van der Waals surface area contributed by atoms with Gasteiger partial charge in [0.15, 0.2) is 5.65 Å². The van der Waals surface area contributed by atoms with Gasteiger partial charge in [0.2, 0.25) is 0 Å². The monoisotopic (exact) mass is 189 g/mol. The van der Waals surface area contributed by atoms with E-state index in [1.807, 2.05) is 11.4 Å². The molecule has 0 aliphatic heterocycles. The summed E-state index contributed by atoms with van der Waals surface area (Å²) < 4.78 is 1.89. The second kappa shape index (κ2) is 2.80. The molecule has 0 aromatic carbocycles. The summed E-state index contributed by atoms with van der Waals surface area (Å²) in [6, 6.07) is 4.22. The maximum atomic E-state index is 4.30. The Morgan fingerprint density at radius 2 is 1.93 bits per heavy atom. The summed E-state index contributed by atoms with van der Waals surface area (Å²) in [6.07, 6.45) is 1.61. The Morgan fingerprint density at radius 1 is 1.21 bits per heavy atom. The van der Waals surface area contributed by atoms with E-state index in [1.54, 1.807) is 6.33 Å². The second-order valence-corrected chi connectivity index (χ2v) is 4.63. The highest BCUT2D eigenvalue weighted by atomic mass is 15.3. The van der Waals surface area contributed by atoms with Crippen molar-refractivity contribution in [1.29, 1.82) is 0 Å². The molecular formula is C11H15N3. The summed E-state index contributed by atoms with van der Waals surface area (Å²) in [6.45, 7) is 8.60. The van der Waals surface area contributed by atoms with Crippen LogP contribution >= 0.6 is 0 Å². The van der Waals surface area contributed by atoms with E-state index in [9.17, 15) is 0 Å². The summed E-state index contributed by atoms with van der Waals surface area (Å²) in [7, 11) is 0. The van der Waals surface area contributed by atoms with Crippen molar-refractivity contribution in [3.05, 3.63) is 29.7 Å². The summed E-state index contributed by atoms with van der Waals surface area (Å²) in [4.78, 5) is 4.30. The first-order chi connectivity index (χ1) is 6.50. The van der Waals surface area contributed by atoms with Crippen molar-refractivity contribution >= 4 is 5.65 Å². The van der Waals surface area contributed by atoms with Crippen molar-refractivity contribution in [2.45, 2.75) is 33.1 Å². The van der Waals surface area contributed by atoms with Gasteiger partial charge in [0.05, 0.1) is 0 Å². The number of hydrogen-bond donors (Lipinski definition) is 0. The van der Waals surface area contributed by atoms with Crippen molar-refractivity contribution in [1.82, 2.24) is 14.6 Å². The van der Waals surface area contributed by atoms with Gasteiger partial charge in [-0.05, 0) is 18.4 Å². The second-order valence-electron chi connectivity index (χ2n) is 4.63. The van der Waals surface area contributed by atoms with Crippen LogP contribution in [0.1, 0.15) is 32.0 Å². The topological polar surface area (TPSA) is 30.2 Å². The van der Waals surface area contributed by atoms with Gasteiger partial charge in [0, 0.05) is 11.3 Å². The number of hydrogen-bond acceptors (Lipinski definition) is 2. The Bertz CT molecular complexity index is 463. The van der Waals surface area contributed by atoms with Crippen LogP contribution in [0.25, 0.3) is 5.65 Å². The number of aryl methyl sites for hydroxylation is 1. The molecule has 14 heavy (non-hydrogen) atoms. The van der Waals surface area contributed by atoms with E-state index in [2.05, 4.69) is 43.0 Å². The lowest BCUT2D eigenvalue weighted by atomic mass is 9.87. The minimum Gasteiger partial charge on any atom is -0.218 e. The zero-order valence-electron chi connectivity index (χ0n) is 9.07. The fourth-order valence-electron chi connectivity index (χ4n) is 1.62. The number of pyridine rings is 1. The minimum atomic E-state index is 0.113. The molecule has 2 rings (SSSR count). The largest absolute Gasteiger partial charge is 0.218 e. The van der Waals surface area contributed by atoms with Crippen LogP contribution in [0.3, 0.4) is 0 Å². The molecule has 0 aliphatic rings. The van der Waals surface area contributed by atoms with Gasteiger partial charge in [0.25, 0.3) is 0 Å². The maximum Gasteiger partial charge on any atom is 0.159 e. The van der Waals surface area contributed by atoms with Gasteiger partial charge in [-0.1, -0.05) is 26.8 Å². The van der Waals surface area contributed by atoms with E-state index in [-0.39, 0.29) is 5.41 Å². The molecular weight excluding hydrogens is 174 g/mol. The molecule has 0 amide bonds. The van der Waals surface area contributed by atoms with Crippen LogP contribution in [-0.2, 0) is 5.41 Å². The molecule has 0 spiro atoms. The molecule has 0 radical (unpaired) electrons. The number of nitrogens with zero attached hydrogens (tertiary/aromatic N) is 3. The van der Waals surface area contributed by atoms with Gasteiger partial charge in [-0.15, -0.1) is 0 Å². The zero-order chi connectivity index (χ0) is 10.3. The Balaban J connectivity index is 2.80. The van der Waals surface area contributed by atoms with Crippen molar-refractivity contribution in [3.63, 3.8) is 0 Å². The zero-order valence-corrected chi connectivity index (χ0v) is 9.07. The van der Waals surface area contributed by atoms with Crippen molar-refractivity contribution in [2.24, 2.45) is 0 Å². The Kier molecular flexibility index (Phi) is 1.84. The summed E-state index contributed by atoms with van der Waals surface area (Å²) in [5, 5.41) is 4.20. The Labute approximate surface area is 83.8 Å². The highest BCUT2D eigenvalue weighted by molar-refractivity contribution is 5.51. The molecule has 0 N–H and O–H groups in total. The fourth-order valence-corrected chi connectivity index (χ4v) is 1.62. The van der Waals surface area contributed by atoms with E-state index < -0.39 is 0 Å². The van der Waals surface area contributed by atoms with Crippen LogP contribution in [0, 0.1) is 6.92 Å². The quantitative estimate of drug-likeness (QED) is 0.636. The molecule has 0 aliphatic carbocycles. The molecule has 0 unspecified atom stereocenters. The first-order valence-electron chi connectivity index (χ1n) is 4.80. The predicted octanol–water partition coefficient (Wildman–Crippen LogP) is 2.34. The summed E-state index contributed by atoms with van der Waals surface area (Å²) in [5.74, 6) is 0. The fraction of sp³-hybridized carbons (Fsp3) is 0.455. The average Bonchev–Trinajstić information content (AvgIpc) is 2.50. The molecule has 3 nitrogen and oxygen atoms in total. The molecule has 74 valence electrons. The van der Waals surface area contributed by atoms with Crippen molar-refractivity contribution in [3.8, 4) is 0 Å². The molecule has 3 heteroatoms. The van der Waals surface area contributed by atoms with E-state index in [0.717, 1.165) is 11.3 Å². The average molecular weight is 189 g/mol. The molecule has 2 aromatic heterocycles. The Hall–Kier alpha value is -1.38. The number of rotatable bonds is 0. The van der Waals surface area contributed by atoms with Gasteiger partial charge in [0.1, 0.15) is 6.33 Å². The first-order valence-corrected chi connectivity index (χ1v) is 4.80. The third-order valence-corrected chi connectivity index (χ3v) is 2.42. The van der Waals surface area contributed by atoms with Gasteiger partial charge in [-0.25, -0.2) is 9.50 Å². The first kappa shape index (κ1) is 9.19. The van der Waals surface area contributed by atoms with E-state index in [1.165, 1.54) is 5.56 Å². The van der Waals surface area contributed by atoms with Crippen LogP contribution in [-0.4, -0.2) is 14.6 Å². The van der Waals surface area contributed by atoms with E-state index in [0.29, 0.717) is 0 Å². The van der Waals surface area contributed by atoms with Crippen molar-refractivity contribution in [2.75, 3.05) is 0 Å². The number of aromatic nitrogens is 3. The van der Waals surface area contributed by atoms with Crippen LogP contribution < -0.4 is 0 Å². The lowest BCUT2D eigenvalue weighted by molar-refractivity contribution is 0.590. The molecule has 0 saturated heterocycles. The molecule has 0 atom stereocenters. The summed E-state index contributed by atoms with van der Waals surface area (Å²) in [5.41, 5.74) is 3.44. The van der Waals surface area contributed by atoms with Gasteiger partial charge in [-0.3, -0.25) is 0 Å². The number of fused-ring (bicyclic) bond motifs is 1. The van der Waals surface area contributed by atoms with Crippen LogP contribution in [0.15, 0.2) is 18.5 Å². The van der Waals surface area contributed by atoms with E-state index >= 15 is 0 Å². The lowest BCUT2D eigenvalue weighted by Crippen LogP contribution is -2.13. The van der Waals surface area contributed by atoms with E-state index in [4.69, 9.17) is 0 Å². The van der Waals surface area contributed by atoms with Gasteiger partial charge in [-0.2, -0.15) is 5.10 Å². The highest BCUT2D eigenvalue weighted by Crippen LogP contribution is 2.25. The Morgan fingerprint density at radius 3 is 2.57 bits per heavy atom. The third kappa shape index (κ3) is 1.29. The molecule has 2 heterocycles. The molecule has 2 aromatic rings. The SMILES string of the molecule is Cc1ccc(C(C)(C)C)c2ncnn12. The third-order valence-electron chi connectivity index (χ3n) is 2.42. The van der Waals surface area contributed by atoms with Crippen LogP contribution in [0.4, 0.5) is 0 Å². The van der Waals surface area contributed by atoms with Crippen LogP contribution in [0.5, 0.6) is 0 Å². The molecule has 0 fully saturated rings. The lowest BCUT2D eigenvalue weighted by Gasteiger charge is -2.19. The molecule has 0 saturated carbocycles. The van der Waals surface area contributed by atoms with Gasteiger partial charge >= 0.3 is 0 Å². The van der Waals surface area contributed by atoms with Crippen molar-refractivity contribution < 1.29 is 0 Å². The normalized spacial score (nSPS) is 12.3. The minimum absolute atomic E-state index is 0.113. The van der Waals surface area contributed by atoms with Crippen LogP contribution in [0.2, 0.25) is 0 Å². The predicted molar refractivity (Wildman–Crippen MR) is 56.4 cm³/mol. The summed E-state index contributed by atoms with van der Waals surface area (Å²) >= 11 is 0. The van der Waals surface area contributed by atoms with Gasteiger partial charge < -0.3 is 0 Å².